The van der Waals surface area contributed by atoms with E-state index < -0.39 is 0 Å². The summed E-state index contributed by atoms with van der Waals surface area (Å²) in [4.78, 5) is 0. The van der Waals surface area contributed by atoms with Gasteiger partial charge in [0.05, 0.1) is 6.61 Å². The number of hydrogen-bond donors (Lipinski definition) is 1. The molecule has 0 fully saturated rings. The molecule has 0 aliphatic heterocycles. The molecular weight excluding hydrogens is 248 g/mol. The molecule has 1 aromatic heterocycles. The van der Waals surface area contributed by atoms with Crippen LogP contribution in [0.3, 0.4) is 0 Å². The van der Waals surface area contributed by atoms with Gasteiger partial charge in [-0.2, -0.15) is 0 Å². The summed E-state index contributed by atoms with van der Waals surface area (Å²) in [5, 5.41) is 1.28. The number of hydrogen-bond acceptors (Lipinski definition) is 2. The normalized spacial score (nSPS) is 13.2. The van der Waals surface area contributed by atoms with Gasteiger partial charge in [0.1, 0.15) is 0 Å². The third-order valence-electron chi connectivity index (χ3n) is 3.32. The van der Waals surface area contributed by atoms with Gasteiger partial charge in [-0.3, -0.25) is 0 Å². The van der Waals surface area contributed by atoms with Crippen LogP contribution in [-0.2, 0) is 17.7 Å². The van der Waals surface area contributed by atoms with E-state index in [1.807, 2.05) is 6.92 Å². The van der Waals surface area contributed by atoms with E-state index in [0.29, 0.717) is 5.92 Å². The molecule has 20 heavy (non-hydrogen) atoms. The molecule has 110 valence electrons. The first-order chi connectivity index (χ1) is 9.56. The maximum absolute atomic E-state index is 5.88. The van der Waals surface area contributed by atoms with Gasteiger partial charge < -0.3 is 15.0 Å². The summed E-state index contributed by atoms with van der Waals surface area (Å²) < 4.78 is 7.94. The predicted molar refractivity (Wildman–Crippen MR) is 84.9 cm³/mol. The zero-order valence-electron chi connectivity index (χ0n) is 12.8. The topological polar surface area (TPSA) is 40.2 Å². The number of fused-ring (bicyclic) bond motifs is 1. The monoisotopic (exact) mass is 274 g/mol. The molecular formula is C17H26N2O. The summed E-state index contributed by atoms with van der Waals surface area (Å²) in [5.41, 5.74) is 8.46. The highest BCUT2D eigenvalue weighted by Crippen LogP contribution is 2.18. The Morgan fingerprint density at radius 1 is 1.20 bits per heavy atom. The third kappa shape index (κ3) is 4.09. The second-order valence-electron chi connectivity index (χ2n) is 6.05. The molecule has 3 heteroatoms. The Labute approximate surface area is 121 Å². The summed E-state index contributed by atoms with van der Waals surface area (Å²) in [5.74, 6) is 0.592. The van der Waals surface area contributed by atoms with Gasteiger partial charge in [0, 0.05) is 30.9 Å². The van der Waals surface area contributed by atoms with Crippen molar-refractivity contribution in [3.63, 3.8) is 0 Å². The van der Waals surface area contributed by atoms with Gasteiger partial charge in [0.25, 0.3) is 0 Å². The number of aromatic nitrogens is 1. The minimum Gasteiger partial charge on any atom is -0.379 e. The molecule has 3 nitrogen and oxygen atoms in total. The second kappa shape index (κ2) is 6.91. The van der Waals surface area contributed by atoms with E-state index in [0.717, 1.165) is 26.2 Å². The Balaban J connectivity index is 2.05. The molecule has 0 radical (unpaired) electrons. The molecule has 2 aromatic rings. The van der Waals surface area contributed by atoms with Crippen LogP contribution in [-0.4, -0.2) is 23.8 Å². The molecule has 2 rings (SSSR count). The lowest BCUT2D eigenvalue weighted by molar-refractivity contribution is 0.104. The number of rotatable bonds is 7. The molecule has 2 N–H and O–H groups in total. The number of nitrogens with zero attached hydrogens (tertiary/aromatic N) is 1. The summed E-state index contributed by atoms with van der Waals surface area (Å²) in [6.45, 7) is 8.88. The number of nitrogens with two attached hydrogens (primary N) is 1. The van der Waals surface area contributed by atoms with Crippen molar-refractivity contribution in [2.45, 2.75) is 39.8 Å². The zero-order chi connectivity index (χ0) is 14.5. The summed E-state index contributed by atoms with van der Waals surface area (Å²) in [7, 11) is 0. The van der Waals surface area contributed by atoms with E-state index in [4.69, 9.17) is 10.5 Å². The van der Waals surface area contributed by atoms with Gasteiger partial charge in [-0.25, -0.2) is 0 Å². The fourth-order valence-corrected chi connectivity index (χ4v) is 2.41. The van der Waals surface area contributed by atoms with Crippen molar-refractivity contribution < 1.29 is 4.74 Å². The smallest absolute Gasteiger partial charge is 0.0645 e. The maximum Gasteiger partial charge on any atom is 0.0645 e. The van der Waals surface area contributed by atoms with Crippen molar-refractivity contribution in [1.29, 1.82) is 0 Å². The van der Waals surface area contributed by atoms with Gasteiger partial charge in [0.15, 0.2) is 0 Å². The first-order valence-corrected chi connectivity index (χ1v) is 7.47. The molecule has 1 atom stereocenters. The Morgan fingerprint density at radius 3 is 2.70 bits per heavy atom. The molecule has 0 spiro atoms. The molecule has 0 aliphatic rings. The molecule has 1 heterocycles. The van der Waals surface area contributed by atoms with Crippen LogP contribution in [0.1, 0.15) is 26.3 Å². The highest BCUT2D eigenvalue weighted by atomic mass is 16.5. The van der Waals surface area contributed by atoms with Crippen molar-refractivity contribution in [2.75, 3.05) is 13.2 Å². The molecule has 1 unspecified atom stereocenters. The predicted octanol–water partition coefficient (Wildman–Crippen LogP) is 3.20. The Kier molecular flexibility index (Phi) is 5.21. The van der Waals surface area contributed by atoms with E-state index >= 15 is 0 Å². The lowest BCUT2D eigenvalue weighted by Gasteiger charge is -2.10. The quantitative estimate of drug-likeness (QED) is 0.788. The van der Waals surface area contributed by atoms with Crippen LogP contribution in [0.15, 0.2) is 30.5 Å². The van der Waals surface area contributed by atoms with Crippen molar-refractivity contribution in [3.8, 4) is 0 Å². The average molecular weight is 274 g/mol. The Bertz CT molecular complexity index is 543. The first-order valence-electron chi connectivity index (χ1n) is 7.47. The fraction of sp³-hybridized carbons (Fsp3) is 0.529. The average Bonchev–Trinajstić information content (AvgIpc) is 2.76. The van der Waals surface area contributed by atoms with Crippen molar-refractivity contribution in [2.24, 2.45) is 11.7 Å². The van der Waals surface area contributed by atoms with Gasteiger partial charge in [-0.1, -0.05) is 26.0 Å². The highest BCUT2D eigenvalue weighted by molar-refractivity contribution is 5.80. The maximum atomic E-state index is 5.88. The van der Waals surface area contributed by atoms with E-state index in [2.05, 4.69) is 48.9 Å². The number of ether oxygens (including phenoxy) is 1. The van der Waals surface area contributed by atoms with E-state index in [1.54, 1.807) is 0 Å². The van der Waals surface area contributed by atoms with Crippen LogP contribution < -0.4 is 5.73 Å². The van der Waals surface area contributed by atoms with Crippen LogP contribution >= 0.6 is 0 Å². The first kappa shape index (κ1) is 15.1. The summed E-state index contributed by atoms with van der Waals surface area (Å²) in [6, 6.07) is 8.96. The fourth-order valence-electron chi connectivity index (χ4n) is 2.41. The minimum absolute atomic E-state index is 0.199. The van der Waals surface area contributed by atoms with Gasteiger partial charge in [-0.05, 0) is 42.3 Å². The largest absolute Gasteiger partial charge is 0.379 e. The lowest BCUT2D eigenvalue weighted by Crippen LogP contribution is -2.17. The SMILES string of the molecule is CC(C)COCCn1ccc2ccc(CC(C)N)cc21. The number of benzene rings is 1. The van der Waals surface area contributed by atoms with Crippen molar-refractivity contribution in [1.82, 2.24) is 4.57 Å². The molecule has 1 aromatic carbocycles. The van der Waals surface area contributed by atoms with Crippen LogP contribution in [0.25, 0.3) is 10.9 Å². The minimum atomic E-state index is 0.199. The second-order valence-corrected chi connectivity index (χ2v) is 6.05. The van der Waals surface area contributed by atoms with E-state index in [9.17, 15) is 0 Å². The standard InChI is InChI=1S/C17H26N2O/c1-13(2)12-20-9-8-19-7-6-16-5-4-15(10-14(3)18)11-17(16)19/h4-7,11,13-14H,8-10,12,18H2,1-3H3. The lowest BCUT2D eigenvalue weighted by atomic mass is 10.1. The summed E-state index contributed by atoms with van der Waals surface area (Å²) >= 11 is 0. The van der Waals surface area contributed by atoms with Crippen LogP contribution in [0.4, 0.5) is 0 Å². The van der Waals surface area contributed by atoms with E-state index in [-0.39, 0.29) is 6.04 Å². The van der Waals surface area contributed by atoms with Gasteiger partial charge in [-0.15, -0.1) is 0 Å². The van der Waals surface area contributed by atoms with Gasteiger partial charge >= 0.3 is 0 Å². The molecule has 0 amide bonds. The van der Waals surface area contributed by atoms with Crippen LogP contribution in [0.2, 0.25) is 0 Å². The van der Waals surface area contributed by atoms with Crippen LogP contribution in [0.5, 0.6) is 0 Å². The molecule has 0 saturated heterocycles. The molecule has 0 aliphatic carbocycles. The van der Waals surface area contributed by atoms with Crippen LogP contribution in [0, 0.1) is 5.92 Å². The zero-order valence-corrected chi connectivity index (χ0v) is 12.8. The third-order valence-corrected chi connectivity index (χ3v) is 3.32. The van der Waals surface area contributed by atoms with E-state index in [1.165, 1.54) is 16.5 Å². The van der Waals surface area contributed by atoms with Gasteiger partial charge in [0.2, 0.25) is 0 Å². The van der Waals surface area contributed by atoms with Crippen molar-refractivity contribution in [3.05, 3.63) is 36.0 Å². The Morgan fingerprint density at radius 2 is 2.00 bits per heavy atom. The summed E-state index contributed by atoms with van der Waals surface area (Å²) in [6.07, 6.45) is 3.06. The molecule has 0 bridgehead atoms. The highest BCUT2D eigenvalue weighted by Gasteiger charge is 2.04. The van der Waals surface area contributed by atoms with Crippen molar-refractivity contribution >= 4 is 10.9 Å². The molecule has 0 saturated carbocycles. The Hall–Kier alpha value is -1.32.